The molecule has 0 rings (SSSR count). The third-order valence-electron chi connectivity index (χ3n) is 3.17. The van der Waals surface area contributed by atoms with Gasteiger partial charge in [-0.3, -0.25) is 9.59 Å². The predicted octanol–water partition coefficient (Wildman–Crippen LogP) is 0.961. The van der Waals surface area contributed by atoms with Crippen LogP contribution in [0.4, 0.5) is 0 Å². The van der Waals surface area contributed by atoms with Crippen molar-refractivity contribution < 1.29 is 23.1 Å². The maximum atomic E-state index is 11.7. The molecule has 0 saturated heterocycles. The standard InChI is InChI=1S/C12H23NO5S/c1-4-12(5-2,9-11(15)16)13-10(14)7-6-8-19(3,17)18/h4-9H2,1-3H3,(H,13,14)(H,15,16). The largest absolute Gasteiger partial charge is 0.481 e. The Labute approximate surface area is 114 Å². The van der Waals surface area contributed by atoms with Crippen molar-refractivity contribution in [2.75, 3.05) is 12.0 Å². The highest BCUT2D eigenvalue weighted by Gasteiger charge is 2.30. The minimum atomic E-state index is -3.07. The Morgan fingerprint density at radius 3 is 2.11 bits per heavy atom. The highest BCUT2D eigenvalue weighted by Crippen LogP contribution is 2.20. The van der Waals surface area contributed by atoms with Gasteiger partial charge in [-0.05, 0) is 19.3 Å². The van der Waals surface area contributed by atoms with Crippen molar-refractivity contribution in [3.05, 3.63) is 0 Å². The van der Waals surface area contributed by atoms with Crippen LogP contribution in [0.2, 0.25) is 0 Å². The maximum absolute atomic E-state index is 11.7. The summed E-state index contributed by atoms with van der Waals surface area (Å²) >= 11 is 0. The molecule has 1 amide bonds. The quantitative estimate of drug-likeness (QED) is 0.659. The van der Waals surface area contributed by atoms with Crippen LogP contribution in [0.3, 0.4) is 0 Å². The summed E-state index contributed by atoms with van der Waals surface area (Å²) in [5, 5.41) is 11.6. The van der Waals surface area contributed by atoms with Crippen LogP contribution < -0.4 is 5.32 Å². The second-order valence-corrected chi connectivity index (χ2v) is 7.10. The van der Waals surface area contributed by atoms with Crippen molar-refractivity contribution >= 4 is 21.7 Å². The van der Waals surface area contributed by atoms with Crippen molar-refractivity contribution in [3.8, 4) is 0 Å². The lowest BCUT2D eigenvalue weighted by atomic mass is 9.88. The van der Waals surface area contributed by atoms with E-state index in [9.17, 15) is 18.0 Å². The summed E-state index contributed by atoms with van der Waals surface area (Å²) in [4.78, 5) is 22.6. The van der Waals surface area contributed by atoms with E-state index in [-0.39, 0.29) is 30.9 Å². The van der Waals surface area contributed by atoms with Crippen molar-refractivity contribution in [1.29, 1.82) is 0 Å². The molecule has 0 radical (unpaired) electrons. The number of aliphatic carboxylic acids is 1. The summed E-state index contributed by atoms with van der Waals surface area (Å²) in [5.74, 6) is -1.29. The minimum Gasteiger partial charge on any atom is -0.481 e. The molecular weight excluding hydrogens is 270 g/mol. The molecule has 0 aliphatic carbocycles. The smallest absolute Gasteiger partial charge is 0.305 e. The van der Waals surface area contributed by atoms with Gasteiger partial charge in [0.1, 0.15) is 9.84 Å². The van der Waals surface area contributed by atoms with E-state index >= 15 is 0 Å². The topological polar surface area (TPSA) is 101 Å². The molecule has 0 bridgehead atoms. The Morgan fingerprint density at radius 1 is 1.21 bits per heavy atom. The second kappa shape index (κ2) is 7.47. The molecule has 0 atom stereocenters. The van der Waals surface area contributed by atoms with E-state index in [0.29, 0.717) is 12.8 Å². The monoisotopic (exact) mass is 293 g/mol. The lowest BCUT2D eigenvalue weighted by Gasteiger charge is -2.31. The normalized spacial score (nSPS) is 12.2. The molecule has 0 spiro atoms. The SMILES string of the molecule is CCC(CC)(CC(=O)O)NC(=O)CCCS(C)(=O)=O. The van der Waals surface area contributed by atoms with Gasteiger partial charge in [-0.1, -0.05) is 13.8 Å². The number of hydrogen-bond donors (Lipinski definition) is 2. The number of nitrogens with one attached hydrogen (secondary N) is 1. The number of amides is 1. The van der Waals surface area contributed by atoms with Gasteiger partial charge >= 0.3 is 5.97 Å². The molecule has 0 aromatic rings. The first-order valence-corrected chi connectivity index (χ1v) is 8.40. The van der Waals surface area contributed by atoms with Crippen molar-refractivity contribution in [2.45, 2.75) is 51.5 Å². The zero-order valence-electron chi connectivity index (χ0n) is 11.7. The van der Waals surface area contributed by atoms with E-state index in [1.165, 1.54) is 0 Å². The third-order valence-corrected chi connectivity index (χ3v) is 4.20. The van der Waals surface area contributed by atoms with E-state index in [1.807, 2.05) is 13.8 Å². The molecule has 0 heterocycles. The number of rotatable bonds is 9. The average molecular weight is 293 g/mol. The van der Waals surface area contributed by atoms with E-state index in [1.54, 1.807) is 0 Å². The first-order chi connectivity index (χ1) is 8.64. The van der Waals surface area contributed by atoms with Gasteiger partial charge in [0.2, 0.25) is 5.91 Å². The second-order valence-electron chi connectivity index (χ2n) is 4.84. The highest BCUT2D eigenvalue weighted by molar-refractivity contribution is 7.90. The molecule has 2 N–H and O–H groups in total. The van der Waals surface area contributed by atoms with Gasteiger partial charge in [-0.15, -0.1) is 0 Å². The Bertz CT molecular complexity index is 412. The van der Waals surface area contributed by atoms with Gasteiger partial charge in [0.05, 0.1) is 12.2 Å². The summed E-state index contributed by atoms with van der Waals surface area (Å²) < 4.78 is 21.9. The zero-order valence-corrected chi connectivity index (χ0v) is 12.5. The van der Waals surface area contributed by atoms with Gasteiger partial charge in [-0.2, -0.15) is 0 Å². The molecule has 0 unspecified atom stereocenters. The first-order valence-electron chi connectivity index (χ1n) is 6.34. The van der Waals surface area contributed by atoms with Crippen LogP contribution in [-0.2, 0) is 19.4 Å². The molecule has 0 aromatic carbocycles. The van der Waals surface area contributed by atoms with Gasteiger partial charge < -0.3 is 10.4 Å². The first kappa shape index (κ1) is 17.9. The van der Waals surface area contributed by atoms with Crippen molar-refractivity contribution in [2.24, 2.45) is 0 Å². The van der Waals surface area contributed by atoms with Gasteiger partial charge in [0, 0.05) is 18.2 Å². The molecule has 0 aliphatic heterocycles. The Morgan fingerprint density at radius 2 is 1.74 bits per heavy atom. The number of hydrogen-bond acceptors (Lipinski definition) is 4. The molecular formula is C12H23NO5S. The minimum absolute atomic E-state index is 0.0371. The molecule has 6 nitrogen and oxygen atoms in total. The number of carbonyl (C=O) groups is 2. The van der Waals surface area contributed by atoms with Crippen molar-refractivity contribution in [3.63, 3.8) is 0 Å². The number of carboxylic acid groups (broad SMARTS) is 1. The lowest BCUT2D eigenvalue weighted by Crippen LogP contribution is -2.49. The van der Waals surface area contributed by atoms with Crippen LogP contribution in [0, 0.1) is 0 Å². The summed E-state index contributed by atoms with van der Waals surface area (Å²) in [7, 11) is -3.07. The van der Waals surface area contributed by atoms with E-state index in [2.05, 4.69) is 5.32 Å². The van der Waals surface area contributed by atoms with E-state index in [4.69, 9.17) is 5.11 Å². The Hall–Kier alpha value is -1.11. The van der Waals surface area contributed by atoms with Crippen LogP contribution in [0.25, 0.3) is 0 Å². The van der Waals surface area contributed by atoms with Crippen LogP contribution in [0.5, 0.6) is 0 Å². The number of sulfone groups is 1. The Kier molecular flexibility index (Phi) is 7.04. The molecule has 0 aliphatic rings. The number of carbonyl (C=O) groups excluding carboxylic acids is 1. The van der Waals surface area contributed by atoms with Crippen LogP contribution in [0.15, 0.2) is 0 Å². The lowest BCUT2D eigenvalue weighted by molar-refractivity contribution is -0.139. The fourth-order valence-corrected chi connectivity index (χ4v) is 2.53. The summed E-state index contributed by atoms with van der Waals surface area (Å²) in [6, 6.07) is 0. The van der Waals surface area contributed by atoms with Gasteiger partial charge in [-0.25, -0.2) is 8.42 Å². The van der Waals surface area contributed by atoms with Crippen LogP contribution in [-0.4, -0.2) is 42.9 Å². The highest BCUT2D eigenvalue weighted by atomic mass is 32.2. The van der Waals surface area contributed by atoms with Crippen molar-refractivity contribution in [1.82, 2.24) is 5.32 Å². The molecule has 0 fully saturated rings. The molecule has 0 saturated carbocycles. The predicted molar refractivity (Wildman–Crippen MR) is 72.7 cm³/mol. The fourth-order valence-electron chi connectivity index (χ4n) is 1.86. The molecule has 112 valence electrons. The summed E-state index contributed by atoms with van der Waals surface area (Å²) in [6.45, 7) is 3.65. The zero-order chi connectivity index (χ0) is 15.1. The van der Waals surface area contributed by atoms with E-state index < -0.39 is 21.3 Å². The summed E-state index contributed by atoms with van der Waals surface area (Å²) in [5.41, 5.74) is -0.742. The molecule has 7 heteroatoms. The summed E-state index contributed by atoms with van der Waals surface area (Å²) in [6.07, 6.45) is 2.38. The Balaban J connectivity index is 4.44. The van der Waals surface area contributed by atoms with Gasteiger partial charge in [0.15, 0.2) is 0 Å². The fraction of sp³-hybridized carbons (Fsp3) is 0.833. The molecule has 19 heavy (non-hydrogen) atoms. The third kappa shape index (κ3) is 7.81. The van der Waals surface area contributed by atoms with E-state index in [0.717, 1.165) is 6.26 Å². The maximum Gasteiger partial charge on any atom is 0.305 e. The average Bonchev–Trinajstić information content (AvgIpc) is 2.25. The number of carboxylic acids is 1. The molecule has 0 aromatic heterocycles. The van der Waals surface area contributed by atoms with Crippen LogP contribution in [0.1, 0.15) is 46.0 Å². The van der Waals surface area contributed by atoms with Crippen LogP contribution >= 0.6 is 0 Å². The van der Waals surface area contributed by atoms with Gasteiger partial charge in [0.25, 0.3) is 0 Å².